The number of hydrogen-bond acceptors (Lipinski definition) is 2. The monoisotopic (exact) mass is 284 g/mol. The Labute approximate surface area is 114 Å². The summed E-state index contributed by atoms with van der Waals surface area (Å²) < 4.78 is 39.4. The van der Waals surface area contributed by atoms with Crippen molar-refractivity contribution in [3.63, 3.8) is 0 Å². The predicted octanol–water partition coefficient (Wildman–Crippen LogP) is 2.20. The molecule has 1 amide bonds. The first kappa shape index (κ1) is 13.4. The normalized spacial score (nSPS) is 28.8. The molecule has 2 saturated heterocycles. The molecule has 2 heterocycles. The first-order chi connectivity index (χ1) is 9.47. The second kappa shape index (κ2) is 4.77. The summed E-state index contributed by atoms with van der Waals surface area (Å²) in [5.74, 6) is -4.67. The zero-order valence-corrected chi connectivity index (χ0v) is 10.8. The summed E-state index contributed by atoms with van der Waals surface area (Å²) in [6.45, 7) is 0. The van der Waals surface area contributed by atoms with Crippen LogP contribution in [0.2, 0.25) is 0 Å². The lowest BCUT2D eigenvalue weighted by Gasteiger charge is -2.37. The summed E-state index contributed by atoms with van der Waals surface area (Å²) in [5.41, 5.74) is 5.77. The van der Waals surface area contributed by atoms with Crippen molar-refractivity contribution in [2.75, 3.05) is 0 Å². The lowest BCUT2D eigenvalue weighted by molar-refractivity contribution is 0.0574. The van der Waals surface area contributed by atoms with Crippen LogP contribution in [0, 0.1) is 17.5 Å². The van der Waals surface area contributed by atoms with Crippen LogP contribution in [-0.2, 0) is 0 Å². The molecule has 0 aromatic heterocycles. The van der Waals surface area contributed by atoms with Crippen molar-refractivity contribution in [1.29, 1.82) is 0 Å². The first-order valence-electron chi connectivity index (χ1n) is 6.70. The minimum absolute atomic E-state index is 0.0208. The molecule has 3 rings (SSSR count). The third kappa shape index (κ3) is 2.08. The van der Waals surface area contributed by atoms with Crippen LogP contribution in [0.15, 0.2) is 12.1 Å². The lowest BCUT2D eigenvalue weighted by Crippen LogP contribution is -2.50. The Morgan fingerprint density at radius 2 is 1.60 bits per heavy atom. The third-order valence-electron chi connectivity index (χ3n) is 4.23. The van der Waals surface area contributed by atoms with Gasteiger partial charge >= 0.3 is 0 Å². The lowest BCUT2D eigenvalue weighted by atomic mass is 9.97. The molecule has 2 unspecified atom stereocenters. The summed E-state index contributed by atoms with van der Waals surface area (Å²) in [4.78, 5) is 14.1. The molecule has 3 nitrogen and oxygen atoms in total. The molecule has 1 aromatic carbocycles. The predicted molar refractivity (Wildman–Crippen MR) is 66.5 cm³/mol. The molecule has 2 atom stereocenters. The molecule has 0 saturated carbocycles. The van der Waals surface area contributed by atoms with E-state index in [1.165, 1.54) is 0 Å². The Balaban J connectivity index is 1.90. The van der Waals surface area contributed by atoms with Gasteiger partial charge in [-0.3, -0.25) is 4.79 Å². The molecular weight excluding hydrogens is 269 g/mol. The average Bonchev–Trinajstić information content (AvgIpc) is 2.66. The second-order valence-corrected chi connectivity index (χ2v) is 5.58. The van der Waals surface area contributed by atoms with Crippen molar-refractivity contribution in [2.45, 2.75) is 43.8 Å². The van der Waals surface area contributed by atoms with Crippen LogP contribution in [0.4, 0.5) is 13.2 Å². The van der Waals surface area contributed by atoms with E-state index < -0.39 is 23.4 Å². The SMILES string of the molecule is NC1CC2CCC(C1)N2C(=O)c1cc(F)c(F)c(F)c1. The van der Waals surface area contributed by atoms with Gasteiger partial charge in [0.05, 0.1) is 0 Å². The van der Waals surface area contributed by atoms with Gasteiger partial charge in [0.15, 0.2) is 17.5 Å². The summed E-state index contributed by atoms with van der Waals surface area (Å²) in [6.07, 6.45) is 3.12. The highest BCUT2D eigenvalue weighted by Gasteiger charge is 2.42. The topological polar surface area (TPSA) is 46.3 Å². The molecule has 108 valence electrons. The summed E-state index contributed by atoms with van der Waals surface area (Å²) in [7, 11) is 0. The Morgan fingerprint density at radius 1 is 1.10 bits per heavy atom. The maximum absolute atomic E-state index is 13.2. The number of fused-ring (bicyclic) bond motifs is 2. The summed E-state index contributed by atoms with van der Waals surface area (Å²) in [5, 5.41) is 0. The van der Waals surface area contributed by atoms with E-state index in [4.69, 9.17) is 5.73 Å². The molecule has 6 heteroatoms. The van der Waals surface area contributed by atoms with Crippen LogP contribution < -0.4 is 5.73 Å². The smallest absolute Gasteiger partial charge is 0.254 e. The fourth-order valence-electron chi connectivity index (χ4n) is 3.38. The number of amides is 1. The molecule has 2 N–H and O–H groups in total. The number of piperidine rings is 1. The molecule has 20 heavy (non-hydrogen) atoms. The van der Waals surface area contributed by atoms with Crippen molar-refractivity contribution in [3.05, 3.63) is 35.1 Å². The van der Waals surface area contributed by atoms with Gasteiger partial charge in [-0.2, -0.15) is 0 Å². The van der Waals surface area contributed by atoms with E-state index in [1.54, 1.807) is 4.90 Å². The van der Waals surface area contributed by atoms with Crippen LogP contribution in [0.5, 0.6) is 0 Å². The number of rotatable bonds is 1. The molecule has 0 aliphatic carbocycles. The van der Waals surface area contributed by atoms with Gasteiger partial charge in [0.1, 0.15) is 0 Å². The second-order valence-electron chi connectivity index (χ2n) is 5.58. The Morgan fingerprint density at radius 3 is 2.10 bits per heavy atom. The zero-order chi connectivity index (χ0) is 14.4. The van der Waals surface area contributed by atoms with Crippen LogP contribution in [-0.4, -0.2) is 28.9 Å². The first-order valence-corrected chi connectivity index (χ1v) is 6.70. The Bertz CT molecular complexity index is 526. The number of hydrogen-bond donors (Lipinski definition) is 1. The molecular formula is C14H15F3N2O. The number of nitrogens with zero attached hydrogens (tertiary/aromatic N) is 1. The fraction of sp³-hybridized carbons (Fsp3) is 0.500. The van der Waals surface area contributed by atoms with E-state index in [0.29, 0.717) is 12.8 Å². The van der Waals surface area contributed by atoms with E-state index in [9.17, 15) is 18.0 Å². The zero-order valence-electron chi connectivity index (χ0n) is 10.8. The van der Waals surface area contributed by atoms with Gasteiger partial charge in [0, 0.05) is 23.7 Å². The van der Waals surface area contributed by atoms with Crippen LogP contribution >= 0.6 is 0 Å². The van der Waals surface area contributed by atoms with Gasteiger partial charge in [-0.15, -0.1) is 0 Å². The Hall–Kier alpha value is -1.56. The summed E-state index contributed by atoms with van der Waals surface area (Å²) in [6, 6.07) is 1.63. The van der Waals surface area contributed by atoms with Crippen LogP contribution in [0.3, 0.4) is 0 Å². The van der Waals surface area contributed by atoms with Gasteiger partial charge < -0.3 is 10.6 Å². The molecule has 2 aliphatic rings. The van der Waals surface area contributed by atoms with Crippen molar-refractivity contribution >= 4 is 5.91 Å². The maximum atomic E-state index is 13.2. The largest absolute Gasteiger partial charge is 0.333 e. The highest BCUT2D eigenvalue weighted by Crippen LogP contribution is 2.36. The van der Waals surface area contributed by atoms with E-state index >= 15 is 0 Å². The Kier molecular flexibility index (Phi) is 3.20. The van der Waals surface area contributed by atoms with E-state index in [-0.39, 0.29) is 23.7 Å². The minimum Gasteiger partial charge on any atom is -0.333 e. The van der Waals surface area contributed by atoms with Gasteiger partial charge in [0.25, 0.3) is 5.91 Å². The van der Waals surface area contributed by atoms with E-state index in [1.807, 2.05) is 0 Å². The molecule has 1 aromatic rings. The number of carbonyl (C=O) groups is 1. The van der Waals surface area contributed by atoms with Gasteiger partial charge in [-0.1, -0.05) is 0 Å². The van der Waals surface area contributed by atoms with Gasteiger partial charge in [0.2, 0.25) is 0 Å². The highest BCUT2D eigenvalue weighted by atomic mass is 19.2. The molecule has 0 spiro atoms. The third-order valence-corrected chi connectivity index (χ3v) is 4.23. The average molecular weight is 284 g/mol. The summed E-state index contributed by atoms with van der Waals surface area (Å²) >= 11 is 0. The van der Waals surface area contributed by atoms with Gasteiger partial charge in [-0.05, 0) is 37.8 Å². The fourth-order valence-corrected chi connectivity index (χ4v) is 3.38. The molecule has 2 bridgehead atoms. The standard InChI is InChI=1S/C14H15F3N2O/c15-11-3-7(4-12(16)13(11)17)14(20)19-9-1-2-10(19)6-8(18)5-9/h3-4,8-10H,1-2,5-6,18H2. The van der Waals surface area contributed by atoms with Crippen LogP contribution in [0.1, 0.15) is 36.0 Å². The minimum atomic E-state index is -1.55. The van der Waals surface area contributed by atoms with Gasteiger partial charge in [-0.25, -0.2) is 13.2 Å². The number of benzene rings is 1. The molecule has 2 aliphatic heterocycles. The van der Waals surface area contributed by atoms with Crippen molar-refractivity contribution in [3.8, 4) is 0 Å². The number of halogens is 3. The van der Waals surface area contributed by atoms with E-state index in [0.717, 1.165) is 25.0 Å². The highest BCUT2D eigenvalue weighted by molar-refractivity contribution is 5.95. The van der Waals surface area contributed by atoms with E-state index in [2.05, 4.69) is 0 Å². The number of nitrogens with two attached hydrogens (primary N) is 1. The van der Waals surface area contributed by atoms with Crippen molar-refractivity contribution in [2.24, 2.45) is 5.73 Å². The quantitative estimate of drug-likeness (QED) is 0.804. The maximum Gasteiger partial charge on any atom is 0.254 e. The van der Waals surface area contributed by atoms with Crippen molar-refractivity contribution < 1.29 is 18.0 Å². The van der Waals surface area contributed by atoms with Crippen molar-refractivity contribution in [1.82, 2.24) is 4.90 Å². The van der Waals surface area contributed by atoms with Crippen LogP contribution in [0.25, 0.3) is 0 Å². The molecule has 0 radical (unpaired) electrons. The molecule has 2 fully saturated rings. The number of carbonyl (C=O) groups excluding carboxylic acids is 1.